The molecule has 0 saturated carbocycles. The van der Waals surface area contributed by atoms with Crippen LogP contribution in [0, 0.1) is 0 Å². The van der Waals surface area contributed by atoms with Gasteiger partial charge in [-0.25, -0.2) is 0 Å². The average Bonchev–Trinajstić information content (AvgIpc) is 2.42. The lowest BCUT2D eigenvalue weighted by Crippen LogP contribution is -2.38. The van der Waals surface area contributed by atoms with Crippen molar-refractivity contribution < 1.29 is 32.2 Å². The van der Waals surface area contributed by atoms with E-state index in [-0.39, 0.29) is 32.9 Å². The summed E-state index contributed by atoms with van der Waals surface area (Å²) in [5, 5.41) is 4.94. The minimum Gasteiger partial charge on any atom is -0.379 e. The standard InChI is InChI=1S/C10H17F3N4O4/c11-10(12,13)9(18)15-1-3-19-5-7-21-8-6-20-4-2-16-17-14/h1-8H2,(H,15,18). The summed E-state index contributed by atoms with van der Waals surface area (Å²) < 4.78 is 50.5. The van der Waals surface area contributed by atoms with Crippen LogP contribution < -0.4 is 5.32 Å². The molecule has 0 aliphatic rings. The van der Waals surface area contributed by atoms with Crippen LogP contribution in [0.1, 0.15) is 0 Å². The third kappa shape index (κ3) is 13.2. The van der Waals surface area contributed by atoms with Crippen molar-refractivity contribution in [2.24, 2.45) is 5.11 Å². The molecule has 0 saturated heterocycles. The van der Waals surface area contributed by atoms with Gasteiger partial charge in [-0.3, -0.25) is 4.79 Å². The Morgan fingerprint density at radius 2 is 1.57 bits per heavy atom. The largest absolute Gasteiger partial charge is 0.471 e. The molecule has 0 aliphatic carbocycles. The topological polar surface area (TPSA) is 106 Å². The molecule has 11 heteroatoms. The highest BCUT2D eigenvalue weighted by Gasteiger charge is 2.38. The fourth-order valence-corrected chi connectivity index (χ4v) is 1.03. The van der Waals surface area contributed by atoms with Crippen molar-refractivity contribution >= 4 is 5.91 Å². The summed E-state index contributed by atoms with van der Waals surface area (Å²) in [4.78, 5) is 13.0. The highest BCUT2D eigenvalue weighted by Crippen LogP contribution is 2.13. The van der Waals surface area contributed by atoms with Crippen LogP contribution in [0.5, 0.6) is 0 Å². The molecule has 0 aromatic heterocycles. The molecule has 0 spiro atoms. The maximum Gasteiger partial charge on any atom is 0.471 e. The Hall–Kier alpha value is -1.55. The number of hydrogen-bond acceptors (Lipinski definition) is 5. The van der Waals surface area contributed by atoms with E-state index >= 15 is 0 Å². The monoisotopic (exact) mass is 314 g/mol. The van der Waals surface area contributed by atoms with Crippen molar-refractivity contribution in [3.63, 3.8) is 0 Å². The Balaban J connectivity index is 3.19. The molecule has 21 heavy (non-hydrogen) atoms. The number of nitrogens with one attached hydrogen (secondary N) is 1. The van der Waals surface area contributed by atoms with Crippen LogP contribution in [0.4, 0.5) is 13.2 Å². The van der Waals surface area contributed by atoms with Crippen molar-refractivity contribution in [2.75, 3.05) is 52.7 Å². The van der Waals surface area contributed by atoms with E-state index in [4.69, 9.17) is 19.7 Å². The zero-order valence-electron chi connectivity index (χ0n) is 11.3. The predicted octanol–water partition coefficient (Wildman–Crippen LogP) is 1.02. The molecule has 0 aromatic rings. The van der Waals surface area contributed by atoms with Gasteiger partial charge in [0, 0.05) is 18.0 Å². The lowest BCUT2D eigenvalue weighted by molar-refractivity contribution is -0.173. The molecule has 0 bridgehead atoms. The number of hydrogen-bond donors (Lipinski definition) is 1. The SMILES string of the molecule is [N-]=[N+]=NCCOCCOCCOCCNC(=O)C(F)(F)F. The number of nitrogens with zero attached hydrogens (tertiary/aromatic N) is 3. The van der Waals surface area contributed by atoms with Crippen LogP contribution in [0.15, 0.2) is 5.11 Å². The Labute approximate surface area is 119 Å². The minimum atomic E-state index is -4.87. The first-order valence-corrected chi connectivity index (χ1v) is 6.07. The second-order valence-corrected chi connectivity index (χ2v) is 3.55. The summed E-state index contributed by atoms with van der Waals surface area (Å²) in [6.07, 6.45) is -4.87. The fourth-order valence-electron chi connectivity index (χ4n) is 1.03. The lowest BCUT2D eigenvalue weighted by atomic mass is 10.5. The van der Waals surface area contributed by atoms with E-state index in [1.165, 1.54) is 0 Å². The second kappa shape index (κ2) is 12.2. The average molecular weight is 314 g/mol. The van der Waals surface area contributed by atoms with E-state index in [0.717, 1.165) is 0 Å². The van der Waals surface area contributed by atoms with Gasteiger partial charge in [0.1, 0.15) is 0 Å². The highest BCUT2D eigenvalue weighted by molar-refractivity contribution is 5.81. The van der Waals surface area contributed by atoms with Crippen LogP contribution in [-0.4, -0.2) is 64.8 Å². The number of azide groups is 1. The van der Waals surface area contributed by atoms with E-state index in [0.29, 0.717) is 19.8 Å². The minimum absolute atomic E-state index is 0.0339. The molecular weight excluding hydrogens is 297 g/mol. The highest BCUT2D eigenvalue weighted by atomic mass is 19.4. The summed E-state index contributed by atoms with van der Waals surface area (Å²) in [5.41, 5.74) is 7.98. The first-order chi connectivity index (χ1) is 9.98. The van der Waals surface area contributed by atoms with Gasteiger partial charge in [-0.15, -0.1) is 0 Å². The molecule has 1 N–H and O–H groups in total. The Morgan fingerprint density at radius 1 is 1.05 bits per heavy atom. The van der Waals surface area contributed by atoms with Gasteiger partial charge in [-0.2, -0.15) is 13.2 Å². The molecule has 0 fully saturated rings. The zero-order chi connectivity index (χ0) is 16.0. The maximum absolute atomic E-state index is 11.8. The number of alkyl halides is 3. The van der Waals surface area contributed by atoms with Crippen molar-refractivity contribution in [3.8, 4) is 0 Å². The Bertz CT molecular complexity index is 335. The van der Waals surface area contributed by atoms with Gasteiger partial charge in [0.05, 0.1) is 39.6 Å². The van der Waals surface area contributed by atoms with E-state index in [9.17, 15) is 18.0 Å². The molecule has 122 valence electrons. The van der Waals surface area contributed by atoms with Crippen molar-refractivity contribution in [1.29, 1.82) is 0 Å². The molecule has 0 atom stereocenters. The van der Waals surface area contributed by atoms with Gasteiger partial charge in [0.15, 0.2) is 0 Å². The molecule has 0 unspecified atom stereocenters. The Morgan fingerprint density at radius 3 is 2.10 bits per heavy atom. The van der Waals surface area contributed by atoms with E-state index in [1.807, 2.05) is 0 Å². The van der Waals surface area contributed by atoms with Crippen LogP contribution in [0.25, 0.3) is 10.4 Å². The van der Waals surface area contributed by atoms with Crippen molar-refractivity contribution in [3.05, 3.63) is 10.4 Å². The smallest absolute Gasteiger partial charge is 0.379 e. The molecule has 0 aliphatic heterocycles. The molecule has 0 rings (SSSR count). The number of ether oxygens (including phenoxy) is 3. The first kappa shape index (κ1) is 19.4. The zero-order valence-corrected chi connectivity index (χ0v) is 11.3. The number of halogens is 3. The molecular formula is C10H17F3N4O4. The summed E-state index contributed by atoms with van der Waals surface area (Å²) in [5.74, 6) is -1.99. The second-order valence-electron chi connectivity index (χ2n) is 3.55. The first-order valence-electron chi connectivity index (χ1n) is 6.07. The molecule has 1 amide bonds. The van der Waals surface area contributed by atoms with Gasteiger partial charge in [-0.1, -0.05) is 5.11 Å². The van der Waals surface area contributed by atoms with Crippen molar-refractivity contribution in [2.45, 2.75) is 6.18 Å². The van der Waals surface area contributed by atoms with Crippen molar-refractivity contribution in [1.82, 2.24) is 5.32 Å². The van der Waals surface area contributed by atoms with Gasteiger partial charge in [0.25, 0.3) is 0 Å². The quantitative estimate of drug-likeness (QED) is 0.251. The predicted molar refractivity (Wildman–Crippen MR) is 65.5 cm³/mol. The summed E-state index contributed by atoms with van der Waals surface area (Å²) in [7, 11) is 0. The number of carbonyl (C=O) groups excluding carboxylic acids is 1. The number of amides is 1. The van der Waals surface area contributed by atoms with E-state index in [2.05, 4.69) is 10.0 Å². The number of carbonyl (C=O) groups is 1. The molecule has 0 radical (unpaired) electrons. The summed E-state index contributed by atoms with van der Waals surface area (Å²) in [6, 6.07) is 0. The lowest BCUT2D eigenvalue weighted by Gasteiger charge is -2.08. The van der Waals surface area contributed by atoms with Gasteiger partial charge >= 0.3 is 12.1 Å². The summed E-state index contributed by atoms with van der Waals surface area (Å²) >= 11 is 0. The third-order valence-corrected chi connectivity index (χ3v) is 1.93. The molecule has 8 nitrogen and oxygen atoms in total. The van der Waals surface area contributed by atoms with E-state index in [1.54, 1.807) is 5.32 Å². The van der Waals surface area contributed by atoms with Crippen LogP contribution in [0.2, 0.25) is 0 Å². The maximum atomic E-state index is 11.8. The van der Waals surface area contributed by atoms with Gasteiger partial charge in [-0.05, 0) is 5.53 Å². The molecule has 0 aromatic carbocycles. The molecule has 0 heterocycles. The van der Waals surface area contributed by atoms with Crippen LogP contribution >= 0.6 is 0 Å². The summed E-state index contributed by atoms with van der Waals surface area (Å²) in [6.45, 7) is 1.42. The van der Waals surface area contributed by atoms with Gasteiger partial charge < -0.3 is 19.5 Å². The van der Waals surface area contributed by atoms with E-state index < -0.39 is 12.1 Å². The Kier molecular flexibility index (Phi) is 11.3. The third-order valence-electron chi connectivity index (χ3n) is 1.93. The van der Waals surface area contributed by atoms with Crippen LogP contribution in [-0.2, 0) is 19.0 Å². The van der Waals surface area contributed by atoms with Crippen LogP contribution in [0.3, 0.4) is 0 Å². The fraction of sp³-hybridized carbons (Fsp3) is 0.900. The normalized spacial score (nSPS) is 11.0. The van der Waals surface area contributed by atoms with Gasteiger partial charge in [0.2, 0.25) is 0 Å². The number of rotatable bonds is 12.